The van der Waals surface area contributed by atoms with Crippen LogP contribution in [-0.4, -0.2) is 21.8 Å². The lowest BCUT2D eigenvalue weighted by atomic mass is 10.1. The van der Waals surface area contributed by atoms with Crippen LogP contribution in [0.1, 0.15) is 24.3 Å². The summed E-state index contributed by atoms with van der Waals surface area (Å²) in [6, 6.07) is 17.7. The molecule has 4 nitrogen and oxygen atoms in total. The minimum absolute atomic E-state index is 0.137. The Morgan fingerprint density at radius 3 is 2.42 bits per heavy atom. The van der Waals surface area contributed by atoms with Crippen molar-refractivity contribution in [3.8, 4) is 28.3 Å². The summed E-state index contributed by atoms with van der Waals surface area (Å²) in [5.74, 6) is 0.835. The number of carbonyl (C=O) groups excluding carboxylic acids is 1. The average molecular weight is 362 g/mol. The molecular weight excluding hydrogens is 344 g/mol. The van der Waals surface area contributed by atoms with Crippen molar-refractivity contribution >= 4 is 22.6 Å². The molecule has 0 N–H and O–H groups in total. The lowest BCUT2D eigenvalue weighted by Crippen LogP contribution is -2.05. The number of thiazole rings is 1. The Bertz CT molecular complexity index is 1050. The molecular formula is C21H18N2O2S. The number of benzene rings is 2. The largest absolute Gasteiger partial charge is 0.491 e. The summed E-state index contributed by atoms with van der Waals surface area (Å²) in [5, 5.41) is 2.03. The number of aromatic nitrogens is 2. The fourth-order valence-corrected chi connectivity index (χ4v) is 3.88. The second-order valence-electron chi connectivity index (χ2n) is 6.26. The number of ether oxygens (including phenoxy) is 1. The zero-order valence-corrected chi connectivity index (χ0v) is 15.4. The van der Waals surface area contributed by atoms with Crippen LogP contribution in [0.25, 0.3) is 27.5 Å². The molecule has 2 aromatic heterocycles. The Balaban J connectivity index is 1.82. The van der Waals surface area contributed by atoms with Crippen LogP contribution in [0.5, 0.6) is 5.75 Å². The van der Waals surface area contributed by atoms with Crippen LogP contribution < -0.4 is 4.74 Å². The molecule has 2 heterocycles. The van der Waals surface area contributed by atoms with Crippen LogP contribution in [0.2, 0.25) is 0 Å². The van der Waals surface area contributed by atoms with E-state index in [9.17, 15) is 4.79 Å². The summed E-state index contributed by atoms with van der Waals surface area (Å²) in [6.45, 7) is 4.01. The molecule has 0 aliphatic carbocycles. The first-order chi connectivity index (χ1) is 12.7. The van der Waals surface area contributed by atoms with Gasteiger partial charge in [-0.1, -0.05) is 30.3 Å². The number of rotatable bonds is 5. The van der Waals surface area contributed by atoms with Crippen molar-refractivity contribution in [3.63, 3.8) is 0 Å². The predicted octanol–water partition coefficient (Wildman–Crippen LogP) is 5.33. The van der Waals surface area contributed by atoms with Gasteiger partial charge in [-0.2, -0.15) is 0 Å². The van der Waals surface area contributed by atoms with Gasteiger partial charge < -0.3 is 4.74 Å². The highest BCUT2D eigenvalue weighted by atomic mass is 32.1. The van der Waals surface area contributed by atoms with Crippen LogP contribution in [0, 0.1) is 0 Å². The van der Waals surface area contributed by atoms with E-state index in [1.807, 2.05) is 78.2 Å². The van der Waals surface area contributed by atoms with E-state index in [0.717, 1.165) is 33.8 Å². The van der Waals surface area contributed by atoms with Crippen molar-refractivity contribution in [3.05, 3.63) is 65.7 Å². The minimum Gasteiger partial charge on any atom is -0.491 e. The second-order valence-corrected chi connectivity index (χ2v) is 7.10. The van der Waals surface area contributed by atoms with Gasteiger partial charge in [0.1, 0.15) is 17.1 Å². The molecule has 0 amide bonds. The van der Waals surface area contributed by atoms with Gasteiger partial charge in [0, 0.05) is 10.9 Å². The smallest absolute Gasteiger partial charge is 0.195 e. The highest BCUT2D eigenvalue weighted by molar-refractivity contribution is 7.15. The first kappa shape index (κ1) is 16.5. The summed E-state index contributed by atoms with van der Waals surface area (Å²) in [5.41, 5.74) is 4.21. The maximum absolute atomic E-state index is 11.9. The molecule has 0 unspecified atom stereocenters. The van der Waals surface area contributed by atoms with Crippen molar-refractivity contribution in [2.24, 2.45) is 0 Å². The first-order valence-electron chi connectivity index (χ1n) is 8.45. The lowest BCUT2D eigenvalue weighted by Gasteiger charge is -2.10. The van der Waals surface area contributed by atoms with Gasteiger partial charge in [0.15, 0.2) is 11.2 Å². The molecule has 0 saturated carbocycles. The number of nitrogens with zero attached hydrogens (tertiary/aromatic N) is 2. The van der Waals surface area contributed by atoms with Crippen molar-refractivity contribution in [2.45, 2.75) is 20.0 Å². The summed E-state index contributed by atoms with van der Waals surface area (Å²) >= 11 is 1.53. The first-order valence-corrected chi connectivity index (χ1v) is 9.33. The van der Waals surface area contributed by atoms with Gasteiger partial charge >= 0.3 is 0 Å². The average Bonchev–Trinajstić information content (AvgIpc) is 3.21. The van der Waals surface area contributed by atoms with Crippen LogP contribution in [-0.2, 0) is 0 Å². The van der Waals surface area contributed by atoms with Crippen molar-refractivity contribution in [1.29, 1.82) is 0 Å². The molecule has 0 radical (unpaired) electrons. The van der Waals surface area contributed by atoms with Gasteiger partial charge in [0.05, 0.1) is 11.8 Å². The van der Waals surface area contributed by atoms with Crippen molar-refractivity contribution in [1.82, 2.24) is 9.38 Å². The molecule has 0 atom stereocenters. The predicted molar refractivity (Wildman–Crippen MR) is 105 cm³/mol. The Hall–Kier alpha value is -2.92. The van der Waals surface area contributed by atoms with Crippen molar-refractivity contribution < 1.29 is 9.53 Å². The van der Waals surface area contributed by atoms with Crippen LogP contribution >= 0.6 is 11.3 Å². The fourth-order valence-electron chi connectivity index (χ4n) is 2.98. The van der Waals surface area contributed by atoms with Crippen LogP contribution in [0.15, 0.2) is 60.0 Å². The summed E-state index contributed by atoms with van der Waals surface area (Å²) in [6.07, 6.45) is 1.02. The Labute approximate surface area is 155 Å². The van der Waals surface area contributed by atoms with E-state index in [4.69, 9.17) is 4.74 Å². The van der Waals surface area contributed by atoms with Gasteiger partial charge in [-0.15, -0.1) is 11.3 Å². The Morgan fingerprint density at radius 1 is 1.04 bits per heavy atom. The van der Waals surface area contributed by atoms with Gasteiger partial charge in [-0.25, -0.2) is 4.98 Å². The van der Waals surface area contributed by atoms with Gasteiger partial charge in [-0.05, 0) is 43.7 Å². The molecule has 0 aliphatic heterocycles. The topological polar surface area (TPSA) is 43.6 Å². The molecule has 2 aromatic carbocycles. The van der Waals surface area contributed by atoms with Crippen LogP contribution in [0.4, 0.5) is 0 Å². The number of carbonyl (C=O) groups is 1. The molecule has 4 aromatic rings. The van der Waals surface area contributed by atoms with E-state index in [1.54, 1.807) is 0 Å². The summed E-state index contributed by atoms with van der Waals surface area (Å²) < 4.78 is 7.64. The number of imidazole rings is 1. The van der Waals surface area contributed by atoms with Gasteiger partial charge in [-0.3, -0.25) is 9.20 Å². The maximum atomic E-state index is 11.9. The molecule has 130 valence electrons. The van der Waals surface area contributed by atoms with E-state index in [1.165, 1.54) is 11.3 Å². The van der Waals surface area contributed by atoms with E-state index >= 15 is 0 Å². The van der Waals surface area contributed by atoms with E-state index in [0.29, 0.717) is 11.4 Å². The normalized spacial score (nSPS) is 11.2. The van der Waals surface area contributed by atoms with Crippen LogP contribution in [0.3, 0.4) is 0 Å². The third-order valence-corrected chi connectivity index (χ3v) is 4.91. The minimum atomic E-state index is 0.137. The third kappa shape index (κ3) is 2.91. The highest BCUT2D eigenvalue weighted by Gasteiger charge is 2.18. The quantitative estimate of drug-likeness (QED) is 0.451. The molecule has 0 fully saturated rings. The van der Waals surface area contributed by atoms with E-state index in [2.05, 4.69) is 4.98 Å². The van der Waals surface area contributed by atoms with Gasteiger partial charge in [0.2, 0.25) is 0 Å². The lowest BCUT2D eigenvalue weighted by molar-refractivity contribution is 0.111. The molecule has 0 bridgehead atoms. The zero-order chi connectivity index (χ0) is 18.1. The summed E-state index contributed by atoms with van der Waals surface area (Å²) in [7, 11) is 0. The molecule has 26 heavy (non-hydrogen) atoms. The molecule has 4 rings (SSSR count). The Morgan fingerprint density at radius 2 is 1.77 bits per heavy atom. The number of aldehydes is 1. The summed E-state index contributed by atoms with van der Waals surface area (Å²) in [4.78, 5) is 17.3. The highest BCUT2D eigenvalue weighted by Crippen LogP contribution is 2.32. The fraction of sp³-hybridized carbons (Fsp3) is 0.143. The maximum Gasteiger partial charge on any atom is 0.195 e. The molecule has 0 aliphatic rings. The zero-order valence-electron chi connectivity index (χ0n) is 14.5. The number of fused-ring (bicyclic) bond motifs is 1. The molecule has 0 spiro atoms. The van der Waals surface area contributed by atoms with E-state index < -0.39 is 0 Å². The third-order valence-electron chi connectivity index (χ3n) is 4.08. The monoisotopic (exact) mass is 362 g/mol. The standard InChI is InChI=1S/C21H18N2O2S/c1-14(2)25-17-10-8-15(9-11-17)19-13-26-21-22-20(18(12-24)23(19)21)16-6-4-3-5-7-16/h3-14H,1-2H3. The second kappa shape index (κ2) is 6.77. The van der Waals surface area contributed by atoms with Gasteiger partial charge in [0.25, 0.3) is 0 Å². The van der Waals surface area contributed by atoms with E-state index in [-0.39, 0.29) is 6.10 Å². The Kier molecular flexibility index (Phi) is 4.31. The SMILES string of the molecule is CC(C)Oc1ccc(-c2csc3nc(-c4ccccc4)c(C=O)n23)cc1. The van der Waals surface area contributed by atoms with Crippen molar-refractivity contribution in [2.75, 3.05) is 0 Å². The molecule has 5 heteroatoms. The number of hydrogen-bond acceptors (Lipinski definition) is 4. The molecule has 0 saturated heterocycles. The number of hydrogen-bond donors (Lipinski definition) is 0.